The van der Waals surface area contributed by atoms with Crippen molar-refractivity contribution in [3.63, 3.8) is 0 Å². The van der Waals surface area contributed by atoms with Crippen LogP contribution in [0.5, 0.6) is 5.75 Å². The van der Waals surface area contributed by atoms with Gasteiger partial charge in [0.1, 0.15) is 5.75 Å². The fourth-order valence-corrected chi connectivity index (χ4v) is 4.85. The number of likely N-dealkylation sites (tertiary alicyclic amines) is 2. The summed E-state index contributed by atoms with van der Waals surface area (Å²) in [7, 11) is 4.04. The molecule has 2 aliphatic heterocycles. The van der Waals surface area contributed by atoms with Crippen LogP contribution in [0.25, 0.3) is 0 Å². The molecule has 0 bridgehead atoms. The highest BCUT2D eigenvalue weighted by molar-refractivity contribution is 5.85. The lowest BCUT2D eigenvalue weighted by atomic mass is 9.90. The second-order valence-corrected chi connectivity index (χ2v) is 7.72. The van der Waals surface area contributed by atoms with Crippen molar-refractivity contribution in [3.05, 3.63) is 65.2 Å². The number of ether oxygens (including phenoxy) is 1. The van der Waals surface area contributed by atoms with Crippen molar-refractivity contribution < 1.29 is 4.74 Å². The first kappa shape index (κ1) is 22.0. The first-order valence-electron chi connectivity index (χ1n) is 9.27. The highest BCUT2D eigenvalue weighted by atomic mass is 35.5. The largest absolute Gasteiger partial charge is 0.496 e. The number of fused-ring (bicyclic) bond motifs is 1. The summed E-state index contributed by atoms with van der Waals surface area (Å²) in [5.74, 6) is 2.51. The van der Waals surface area contributed by atoms with E-state index in [9.17, 15) is 0 Å². The molecule has 2 saturated heterocycles. The van der Waals surface area contributed by atoms with Crippen LogP contribution in [0.2, 0.25) is 0 Å². The lowest BCUT2D eigenvalue weighted by Crippen LogP contribution is -2.28. The van der Waals surface area contributed by atoms with E-state index in [0.717, 1.165) is 24.1 Å². The Kier molecular flexibility index (Phi) is 7.58. The Balaban J connectivity index is 0.00000131. The average Bonchev–Trinajstić information content (AvgIpc) is 3.13. The van der Waals surface area contributed by atoms with Crippen LogP contribution in [0.1, 0.15) is 22.7 Å². The number of halogens is 2. The topological polar surface area (TPSA) is 15.7 Å². The van der Waals surface area contributed by atoms with E-state index in [1.54, 1.807) is 7.11 Å². The van der Waals surface area contributed by atoms with Crippen molar-refractivity contribution in [2.24, 2.45) is 11.8 Å². The van der Waals surface area contributed by atoms with Gasteiger partial charge in [0.25, 0.3) is 0 Å². The number of hydrogen-bond acceptors (Lipinski definition) is 3. The second kappa shape index (κ2) is 9.29. The fraction of sp³-hybridized carbons (Fsp3) is 0.455. The third kappa shape index (κ3) is 4.43. The van der Waals surface area contributed by atoms with Crippen molar-refractivity contribution in [1.82, 2.24) is 9.80 Å². The second-order valence-electron chi connectivity index (χ2n) is 7.72. The van der Waals surface area contributed by atoms with E-state index in [4.69, 9.17) is 4.74 Å². The van der Waals surface area contributed by atoms with Gasteiger partial charge in [0, 0.05) is 32.2 Å². The van der Waals surface area contributed by atoms with Gasteiger partial charge in [0.2, 0.25) is 0 Å². The summed E-state index contributed by atoms with van der Waals surface area (Å²) in [6.45, 7) is 6.72. The highest BCUT2D eigenvalue weighted by Gasteiger charge is 2.45. The van der Waals surface area contributed by atoms with Gasteiger partial charge in [-0.25, -0.2) is 0 Å². The monoisotopic (exact) mass is 408 g/mol. The number of rotatable bonds is 4. The van der Waals surface area contributed by atoms with E-state index in [-0.39, 0.29) is 24.8 Å². The SMILES string of the molecule is COc1cc(CN2C[C@@H]3CN(C)[C@@H](c4ccccc4)[C@@H]3C2)ccc1C.Cl.Cl. The molecule has 0 saturated carbocycles. The molecule has 2 aromatic rings. The summed E-state index contributed by atoms with van der Waals surface area (Å²) < 4.78 is 5.49. The Morgan fingerprint density at radius 3 is 2.44 bits per heavy atom. The minimum atomic E-state index is 0. The summed E-state index contributed by atoms with van der Waals surface area (Å²) in [5, 5.41) is 0. The van der Waals surface area contributed by atoms with Crippen LogP contribution in [0.3, 0.4) is 0 Å². The van der Waals surface area contributed by atoms with Crippen LogP contribution in [0, 0.1) is 18.8 Å². The number of hydrogen-bond donors (Lipinski definition) is 0. The Morgan fingerprint density at radius 1 is 1.00 bits per heavy atom. The zero-order valence-corrected chi connectivity index (χ0v) is 17.9. The summed E-state index contributed by atoms with van der Waals surface area (Å²) in [6, 6.07) is 18.2. The molecule has 27 heavy (non-hydrogen) atoms. The maximum atomic E-state index is 5.49. The summed E-state index contributed by atoms with van der Waals surface area (Å²) in [5.41, 5.74) is 4.03. The molecular formula is C22H30Cl2N2O. The summed E-state index contributed by atoms with van der Waals surface area (Å²) in [6.07, 6.45) is 0. The van der Waals surface area contributed by atoms with Crippen molar-refractivity contribution in [3.8, 4) is 5.75 Å². The highest BCUT2D eigenvalue weighted by Crippen LogP contribution is 2.44. The van der Waals surface area contributed by atoms with Crippen LogP contribution < -0.4 is 4.74 Å². The molecule has 2 aliphatic rings. The maximum absolute atomic E-state index is 5.49. The molecule has 0 spiro atoms. The van der Waals surface area contributed by atoms with Crippen molar-refractivity contribution in [2.75, 3.05) is 33.8 Å². The molecule has 0 unspecified atom stereocenters. The lowest BCUT2D eigenvalue weighted by molar-refractivity contribution is 0.224. The van der Waals surface area contributed by atoms with E-state index in [1.165, 1.54) is 36.3 Å². The lowest BCUT2D eigenvalue weighted by Gasteiger charge is -2.27. The molecular weight excluding hydrogens is 379 g/mol. The summed E-state index contributed by atoms with van der Waals surface area (Å²) in [4.78, 5) is 5.18. The molecule has 148 valence electrons. The zero-order valence-electron chi connectivity index (χ0n) is 16.3. The predicted octanol–water partition coefficient (Wildman–Crippen LogP) is 4.58. The molecule has 3 atom stereocenters. The van der Waals surface area contributed by atoms with Crippen molar-refractivity contribution in [2.45, 2.75) is 19.5 Å². The van der Waals surface area contributed by atoms with Gasteiger partial charge in [0.05, 0.1) is 7.11 Å². The van der Waals surface area contributed by atoms with E-state index in [0.29, 0.717) is 6.04 Å². The number of aryl methyl sites for hydroxylation is 1. The molecule has 2 fully saturated rings. The Labute approximate surface area is 175 Å². The average molecular weight is 409 g/mol. The van der Waals surface area contributed by atoms with E-state index in [2.05, 4.69) is 72.3 Å². The van der Waals surface area contributed by atoms with Crippen molar-refractivity contribution >= 4 is 24.8 Å². The Morgan fingerprint density at radius 2 is 1.74 bits per heavy atom. The van der Waals surface area contributed by atoms with Gasteiger partial charge >= 0.3 is 0 Å². The normalized spacial score (nSPS) is 24.8. The van der Waals surface area contributed by atoms with Gasteiger partial charge in [0.15, 0.2) is 0 Å². The van der Waals surface area contributed by atoms with Gasteiger partial charge in [-0.2, -0.15) is 0 Å². The van der Waals surface area contributed by atoms with Crippen LogP contribution in [-0.2, 0) is 6.54 Å². The maximum Gasteiger partial charge on any atom is 0.122 e. The van der Waals surface area contributed by atoms with Crippen LogP contribution in [0.15, 0.2) is 48.5 Å². The first-order valence-corrected chi connectivity index (χ1v) is 9.27. The molecule has 0 aromatic heterocycles. The van der Waals surface area contributed by atoms with Crippen molar-refractivity contribution in [1.29, 1.82) is 0 Å². The molecule has 0 N–H and O–H groups in total. The smallest absolute Gasteiger partial charge is 0.122 e. The van der Waals surface area contributed by atoms with Gasteiger partial charge < -0.3 is 4.74 Å². The van der Waals surface area contributed by atoms with E-state index < -0.39 is 0 Å². The summed E-state index contributed by atoms with van der Waals surface area (Å²) >= 11 is 0. The van der Waals surface area contributed by atoms with Gasteiger partial charge in [-0.05, 0) is 48.6 Å². The fourth-order valence-electron chi connectivity index (χ4n) is 4.85. The van der Waals surface area contributed by atoms with Crippen LogP contribution in [0.4, 0.5) is 0 Å². The number of benzene rings is 2. The van der Waals surface area contributed by atoms with Gasteiger partial charge in [-0.1, -0.05) is 42.5 Å². The third-order valence-electron chi connectivity index (χ3n) is 5.99. The van der Waals surface area contributed by atoms with Gasteiger partial charge in [-0.3, -0.25) is 9.80 Å². The molecule has 4 rings (SSSR count). The number of nitrogens with zero attached hydrogens (tertiary/aromatic N) is 2. The molecule has 0 radical (unpaired) electrons. The quantitative estimate of drug-likeness (QED) is 0.735. The Bertz CT molecular complexity index is 740. The minimum Gasteiger partial charge on any atom is -0.496 e. The molecule has 2 heterocycles. The molecule has 3 nitrogen and oxygen atoms in total. The molecule has 0 amide bonds. The molecule has 5 heteroatoms. The standard InChI is InChI=1S/C22H28N2O.2ClH/c1-16-9-10-17(11-21(16)25-3)12-24-14-19-13-23(2)22(20(19)15-24)18-7-5-4-6-8-18;;/h4-11,19-20,22H,12-15H2,1-3H3;2*1H/t19-,20+,22-;;/m0../s1. The third-order valence-corrected chi connectivity index (χ3v) is 5.99. The first-order chi connectivity index (χ1) is 12.2. The molecule has 0 aliphatic carbocycles. The predicted molar refractivity (Wildman–Crippen MR) is 116 cm³/mol. The van der Waals surface area contributed by atoms with E-state index >= 15 is 0 Å². The zero-order chi connectivity index (χ0) is 17.4. The number of methoxy groups -OCH3 is 1. The minimum absolute atomic E-state index is 0. The molecule has 2 aromatic carbocycles. The van der Waals surface area contributed by atoms with Crippen LogP contribution in [-0.4, -0.2) is 43.6 Å². The van der Waals surface area contributed by atoms with Gasteiger partial charge in [-0.15, -0.1) is 24.8 Å². The Hall–Kier alpha value is -1.26. The van der Waals surface area contributed by atoms with Crippen LogP contribution >= 0.6 is 24.8 Å². The van der Waals surface area contributed by atoms with E-state index in [1.807, 2.05) is 0 Å².